The maximum atomic E-state index is 13.8. The van der Waals surface area contributed by atoms with E-state index in [0.717, 1.165) is 6.92 Å². The third kappa shape index (κ3) is 4.12. The van der Waals surface area contributed by atoms with Crippen LogP contribution in [0.1, 0.15) is 28.8 Å². The number of allylic oxidation sites excluding steroid dienone is 1. The number of hydrogen-bond donors (Lipinski definition) is 0. The van der Waals surface area contributed by atoms with Crippen LogP contribution in [-0.2, 0) is 4.79 Å². The monoisotopic (exact) mass is 480 g/mol. The Kier molecular flexibility index (Phi) is 5.86. The first-order chi connectivity index (χ1) is 16.1. The number of furan rings is 1. The Morgan fingerprint density at radius 3 is 2.24 bits per heavy atom. The lowest BCUT2D eigenvalue weighted by Crippen LogP contribution is -2.29. The maximum absolute atomic E-state index is 13.8. The normalized spacial score (nSPS) is 14.7. The molecular weight excluding hydrogens is 467 g/mol. The second-order valence-electron chi connectivity index (χ2n) is 7.13. The van der Waals surface area contributed by atoms with Gasteiger partial charge in [-0.25, -0.2) is 18.0 Å². The van der Waals surface area contributed by atoms with Crippen LogP contribution >= 0.6 is 0 Å². The average Bonchev–Trinajstić information content (AvgIpc) is 3.36. The Labute approximate surface area is 188 Å². The summed E-state index contributed by atoms with van der Waals surface area (Å²) in [6.45, 7) is 2.71. The SMILES string of the molecule is Cc1ccc(/C=C2\Oc3cc(OC(=O)C(C)Oc4c(F)c(F)c(F)c(F)c4F)ccc3C2=O)o1. The van der Waals surface area contributed by atoms with E-state index in [1.165, 1.54) is 24.3 Å². The molecule has 1 atom stereocenters. The number of Topliss-reactive ketones (excluding diaryl/α,β-unsaturated/α-hetero) is 1. The third-order valence-electron chi connectivity index (χ3n) is 4.69. The molecule has 0 aliphatic carbocycles. The van der Waals surface area contributed by atoms with Crippen LogP contribution in [0.2, 0.25) is 0 Å². The molecule has 0 radical (unpaired) electrons. The molecule has 0 amide bonds. The zero-order valence-corrected chi connectivity index (χ0v) is 17.4. The van der Waals surface area contributed by atoms with E-state index in [-0.39, 0.29) is 22.8 Å². The number of benzene rings is 2. The Morgan fingerprint density at radius 1 is 0.971 bits per heavy atom. The van der Waals surface area contributed by atoms with Crippen molar-refractivity contribution in [1.82, 2.24) is 0 Å². The lowest BCUT2D eigenvalue weighted by Gasteiger charge is -2.15. The molecular formula is C23H13F5O6. The molecule has 1 aliphatic heterocycles. The van der Waals surface area contributed by atoms with Gasteiger partial charge in [-0.05, 0) is 38.1 Å². The molecule has 11 heteroatoms. The van der Waals surface area contributed by atoms with Gasteiger partial charge >= 0.3 is 5.97 Å². The largest absolute Gasteiger partial charge is 0.473 e. The van der Waals surface area contributed by atoms with Crippen molar-refractivity contribution in [3.05, 3.63) is 82.3 Å². The summed E-state index contributed by atoms with van der Waals surface area (Å²) in [7, 11) is 0. The molecule has 0 bridgehead atoms. The van der Waals surface area contributed by atoms with Gasteiger partial charge in [-0.3, -0.25) is 4.79 Å². The number of carbonyl (C=O) groups is 2. The van der Waals surface area contributed by atoms with Gasteiger partial charge in [-0.15, -0.1) is 0 Å². The van der Waals surface area contributed by atoms with Gasteiger partial charge in [0.2, 0.25) is 34.9 Å². The Morgan fingerprint density at radius 2 is 1.62 bits per heavy atom. The van der Waals surface area contributed by atoms with Crippen LogP contribution in [-0.4, -0.2) is 17.9 Å². The van der Waals surface area contributed by atoms with Gasteiger partial charge in [0, 0.05) is 12.1 Å². The second kappa shape index (κ2) is 8.65. The molecule has 1 aliphatic rings. The Hall–Kier alpha value is -4.15. The van der Waals surface area contributed by atoms with Crippen LogP contribution in [0.4, 0.5) is 22.0 Å². The zero-order chi connectivity index (χ0) is 24.7. The number of carbonyl (C=O) groups excluding carboxylic acids is 2. The van der Waals surface area contributed by atoms with Crippen LogP contribution in [0.3, 0.4) is 0 Å². The number of ether oxygens (including phenoxy) is 3. The summed E-state index contributed by atoms with van der Waals surface area (Å²) < 4.78 is 87.9. The Balaban J connectivity index is 1.49. The average molecular weight is 480 g/mol. The Bertz CT molecular complexity index is 1330. The summed E-state index contributed by atoms with van der Waals surface area (Å²) in [6, 6.07) is 7.13. The zero-order valence-electron chi connectivity index (χ0n) is 17.4. The molecule has 0 fully saturated rings. The fraction of sp³-hybridized carbons (Fsp3) is 0.130. The first kappa shape index (κ1) is 23.0. The number of rotatable bonds is 5. The third-order valence-corrected chi connectivity index (χ3v) is 4.69. The van der Waals surface area contributed by atoms with Gasteiger partial charge in [0.05, 0.1) is 5.56 Å². The van der Waals surface area contributed by atoms with Gasteiger partial charge in [0.15, 0.2) is 17.6 Å². The van der Waals surface area contributed by atoms with E-state index in [1.54, 1.807) is 19.1 Å². The van der Waals surface area contributed by atoms with Crippen LogP contribution < -0.4 is 14.2 Å². The highest BCUT2D eigenvalue weighted by Crippen LogP contribution is 2.35. The smallest absolute Gasteiger partial charge is 0.352 e. The maximum Gasteiger partial charge on any atom is 0.352 e. The number of aryl methyl sites for hydroxylation is 1. The summed E-state index contributed by atoms with van der Waals surface area (Å²) >= 11 is 0. The second-order valence-corrected chi connectivity index (χ2v) is 7.13. The van der Waals surface area contributed by atoms with Crippen molar-refractivity contribution >= 4 is 17.8 Å². The molecule has 3 aromatic rings. The fourth-order valence-corrected chi connectivity index (χ4v) is 3.00. The van der Waals surface area contributed by atoms with Gasteiger partial charge < -0.3 is 18.6 Å². The minimum atomic E-state index is -2.36. The molecule has 34 heavy (non-hydrogen) atoms. The molecule has 176 valence electrons. The van der Waals surface area contributed by atoms with Crippen molar-refractivity contribution in [2.24, 2.45) is 0 Å². The van der Waals surface area contributed by atoms with E-state index in [4.69, 9.17) is 13.9 Å². The van der Waals surface area contributed by atoms with Crippen molar-refractivity contribution in [2.45, 2.75) is 20.0 Å². The fourth-order valence-electron chi connectivity index (χ4n) is 3.00. The van der Waals surface area contributed by atoms with Crippen molar-refractivity contribution in [2.75, 3.05) is 0 Å². The van der Waals surface area contributed by atoms with Gasteiger partial charge in [0.25, 0.3) is 0 Å². The quantitative estimate of drug-likeness (QED) is 0.124. The molecule has 6 nitrogen and oxygen atoms in total. The van der Waals surface area contributed by atoms with Crippen molar-refractivity contribution in [1.29, 1.82) is 0 Å². The molecule has 4 rings (SSSR count). The van der Waals surface area contributed by atoms with Crippen molar-refractivity contribution in [3.8, 4) is 17.2 Å². The molecule has 1 unspecified atom stereocenters. The summed E-state index contributed by atoms with van der Waals surface area (Å²) in [4.78, 5) is 24.7. The van der Waals surface area contributed by atoms with E-state index in [9.17, 15) is 31.5 Å². The van der Waals surface area contributed by atoms with E-state index in [0.29, 0.717) is 11.5 Å². The van der Waals surface area contributed by atoms with Gasteiger partial charge in [-0.1, -0.05) is 0 Å². The highest BCUT2D eigenvalue weighted by Gasteiger charge is 2.31. The molecule has 1 aromatic heterocycles. The predicted molar refractivity (Wildman–Crippen MR) is 105 cm³/mol. The molecule has 0 saturated heterocycles. The molecule has 2 heterocycles. The van der Waals surface area contributed by atoms with Gasteiger partial charge in [-0.2, -0.15) is 8.78 Å². The lowest BCUT2D eigenvalue weighted by molar-refractivity contribution is -0.141. The molecule has 2 aromatic carbocycles. The topological polar surface area (TPSA) is 75.0 Å². The van der Waals surface area contributed by atoms with E-state index in [1.807, 2.05) is 0 Å². The lowest BCUT2D eigenvalue weighted by atomic mass is 10.1. The minimum Gasteiger partial charge on any atom is -0.473 e. The molecule has 0 spiro atoms. The molecule has 0 saturated carbocycles. The summed E-state index contributed by atoms with van der Waals surface area (Å²) in [5, 5.41) is 0. The molecule has 0 N–H and O–H groups in total. The standard InChI is InChI=1S/C23H13F5O6/c1-9-3-4-11(31-9)8-15-21(29)13-6-5-12(7-14(13)34-15)33-23(30)10(2)32-22-19(27)17(25)16(24)18(26)20(22)28/h3-8,10H,1-2H3/b15-8-. The number of hydrogen-bond acceptors (Lipinski definition) is 6. The highest BCUT2D eigenvalue weighted by atomic mass is 19.2. The number of esters is 1. The van der Waals surface area contributed by atoms with Gasteiger partial charge in [0.1, 0.15) is 23.0 Å². The highest BCUT2D eigenvalue weighted by molar-refractivity contribution is 6.14. The summed E-state index contributed by atoms with van der Waals surface area (Å²) in [5.74, 6) is -13.6. The first-order valence-electron chi connectivity index (χ1n) is 9.61. The van der Waals surface area contributed by atoms with Crippen molar-refractivity contribution in [3.63, 3.8) is 0 Å². The minimum absolute atomic E-state index is 0.0316. The van der Waals surface area contributed by atoms with Crippen molar-refractivity contribution < 1.29 is 50.2 Å². The van der Waals surface area contributed by atoms with Crippen LogP contribution in [0.5, 0.6) is 17.2 Å². The summed E-state index contributed by atoms with van der Waals surface area (Å²) in [5.41, 5.74) is 0.181. The number of ketones is 1. The van der Waals surface area contributed by atoms with E-state index >= 15 is 0 Å². The van der Waals surface area contributed by atoms with E-state index in [2.05, 4.69) is 4.74 Å². The van der Waals surface area contributed by atoms with Crippen LogP contribution in [0.25, 0.3) is 6.08 Å². The summed E-state index contributed by atoms with van der Waals surface area (Å²) in [6.07, 6.45) is -0.372. The number of halogens is 5. The van der Waals surface area contributed by atoms with Crippen LogP contribution in [0.15, 0.2) is 40.5 Å². The van der Waals surface area contributed by atoms with Crippen LogP contribution in [0, 0.1) is 36.0 Å². The first-order valence-corrected chi connectivity index (χ1v) is 9.61. The van der Waals surface area contributed by atoms with E-state index < -0.39 is 52.7 Å². The number of fused-ring (bicyclic) bond motifs is 1. The predicted octanol–water partition coefficient (Wildman–Crippen LogP) is 5.27.